The van der Waals surface area contributed by atoms with Gasteiger partial charge in [-0.3, -0.25) is 4.99 Å². The highest BCUT2D eigenvalue weighted by molar-refractivity contribution is 5.79. The van der Waals surface area contributed by atoms with Gasteiger partial charge in [0, 0.05) is 46.5 Å². The van der Waals surface area contributed by atoms with Crippen LogP contribution in [-0.2, 0) is 6.54 Å². The predicted octanol–water partition coefficient (Wildman–Crippen LogP) is 3.44. The molecule has 0 unspecified atom stereocenters. The lowest BCUT2D eigenvalue weighted by Crippen LogP contribution is -2.39. The van der Waals surface area contributed by atoms with E-state index in [2.05, 4.69) is 50.9 Å². The summed E-state index contributed by atoms with van der Waals surface area (Å²) in [5.41, 5.74) is 1.18. The maximum Gasteiger partial charge on any atom is 0.193 e. The van der Waals surface area contributed by atoms with Crippen molar-refractivity contribution < 1.29 is 0 Å². The number of allylic oxidation sites excluding steroid dienone is 1. The third kappa shape index (κ3) is 6.40. The highest BCUT2D eigenvalue weighted by Crippen LogP contribution is 2.17. The highest BCUT2D eigenvalue weighted by atomic mass is 15.3. The Hall–Kier alpha value is -2.04. The van der Waals surface area contributed by atoms with E-state index in [0.717, 1.165) is 50.8 Å². The molecular weight excluding hydrogens is 310 g/mol. The van der Waals surface area contributed by atoms with E-state index < -0.39 is 0 Å². The minimum atomic E-state index is 0.742. The second-order valence-corrected chi connectivity index (χ2v) is 6.68. The van der Waals surface area contributed by atoms with Crippen molar-refractivity contribution in [3.05, 3.63) is 36.5 Å². The quantitative estimate of drug-likeness (QED) is 0.356. The van der Waals surface area contributed by atoms with Gasteiger partial charge in [-0.2, -0.15) is 0 Å². The van der Waals surface area contributed by atoms with Gasteiger partial charge < -0.3 is 15.1 Å². The highest BCUT2D eigenvalue weighted by Gasteiger charge is 2.11. The van der Waals surface area contributed by atoms with E-state index in [1.807, 2.05) is 19.3 Å². The van der Waals surface area contributed by atoms with Gasteiger partial charge in [0.25, 0.3) is 0 Å². The normalized spacial score (nSPS) is 15.6. The topological polar surface area (TPSA) is 43.8 Å². The molecule has 1 aliphatic rings. The zero-order chi connectivity index (χ0) is 17.9. The number of hydrogen-bond acceptors (Lipinski definition) is 3. The van der Waals surface area contributed by atoms with Gasteiger partial charge in [0.1, 0.15) is 5.82 Å². The molecule has 1 aromatic heterocycles. The summed E-state index contributed by atoms with van der Waals surface area (Å²) in [6.07, 6.45) is 11.3. The second kappa shape index (κ2) is 10.7. The van der Waals surface area contributed by atoms with Crippen LogP contribution in [0.1, 0.15) is 44.1 Å². The van der Waals surface area contributed by atoms with E-state index in [0.29, 0.717) is 0 Å². The number of aliphatic imine (C=N–C) groups is 1. The zero-order valence-corrected chi connectivity index (χ0v) is 15.9. The predicted molar refractivity (Wildman–Crippen MR) is 107 cm³/mol. The molecule has 1 aromatic rings. The molecule has 0 spiro atoms. The van der Waals surface area contributed by atoms with Gasteiger partial charge in [-0.1, -0.05) is 25.0 Å². The van der Waals surface area contributed by atoms with Gasteiger partial charge in [-0.15, -0.1) is 6.58 Å². The summed E-state index contributed by atoms with van der Waals surface area (Å²) < 4.78 is 0. The Bertz CT molecular complexity index is 530. The van der Waals surface area contributed by atoms with Crippen LogP contribution in [0.2, 0.25) is 0 Å². The molecule has 138 valence electrons. The Morgan fingerprint density at radius 3 is 2.68 bits per heavy atom. The average Bonchev–Trinajstić information content (AvgIpc) is 2.92. The SMILES string of the molecule is C=CCCCN(C)C(=NC)NCc1ccc(N2CCCCCC2)nc1. The molecule has 5 nitrogen and oxygen atoms in total. The second-order valence-electron chi connectivity index (χ2n) is 6.68. The van der Waals surface area contributed by atoms with Crippen molar-refractivity contribution in [3.8, 4) is 0 Å². The zero-order valence-electron chi connectivity index (χ0n) is 15.9. The lowest BCUT2D eigenvalue weighted by molar-refractivity contribution is 0.470. The molecule has 0 bridgehead atoms. The van der Waals surface area contributed by atoms with Crippen LogP contribution in [0.25, 0.3) is 0 Å². The number of nitrogens with one attached hydrogen (secondary N) is 1. The molecule has 1 N–H and O–H groups in total. The van der Waals surface area contributed by atoms with Gasteiger partial charge in [-0.25, -0.2) is 4.98 Å². The third-order valence-electron chi connectivity index (χ3n) is 4.66. The van der Waals surface area contributed by atoms with E-state index >= 15 is 0 Å². The van der Waals surface area contributed by atoms with Crippen LogP contribution in [-0.4, -0.2) is 49.6 Å². The number of guanidine groups is 1. The van der Waals surface area contributed by atoms with Crippen LogP contribution in [0.5, 0.6) is 0 Å². The minimum absolute atomic E-state index is 0.742. The molecule has 25 heavy (non-hydrogen) atoms. The van der Waals surface area contributed by atoms with Crippen molar-refractivity contribution in [1.29, 1.82) is 0 Å². The Kier molecular flexibility index (Phi) is 8.29. The van der Waals surface area contributed by atoms with Gasteiger partial charge in [0.2, 0.25) is 0 Å². The molecule has 0 aromatic carbocycles. The standard InChI is InChI=1S/C20H33N5/c1-4-5-8-13-24(3)20(21-2)23-17-18-11-12-19(22-16-18)25-14-9-6-7-10-15-25/h4,11-12,16H,1,5-10,13-15,17H2,2-3H3,(H,21,23). The number of pyridine rings is 1. The fraction of sp³-hybridized carbons (Fsp3) is 0.600. The lowest BCUT2D eigenvalue weighted by atomic mass is 10.2. The summed E-state index contributed by atoms with van der Waals surface area (Å²) >= 11 is 0. The molecule has 2 heterocycles. The number of unbranched alkanes of at least 4 members (excludes halogenated alkanes) is 1. The summed E-state index contributed by atoms with van der Waals surface area (Å²) in [6, 6.07) is 4.32. The molecule has 5 heteroatoms. The van der Waals surface area contributed by atoms with E-state index in [9.17, 15) is 0 Å². The van der Waals surface area contributed by atoms with Gasteiger partial charge in [0.15, 0.2) is 5.96 Å². The summed E-state index contributed by atoms with van der Waals surface area (Å²) in [4.78, 5) is 13.6. The Morgan fingerprint density at radius 2 is 2.08 bits per heavy atom. The molecule has 1 saturated heterocycles. The monoisotopic (exact) mass is 343 g/mol. The number of anilines is 1. The van der Waals surface area contributed by atoms with Gasteiger partial charge in [0.05, 0.1) is 0 Å². The van der Waals surface area contributed by atoms with E-state index in [1.54, 1.807) is 0 Å². The smallest absolute Gasteiger partial charge is 0.193 e. The van der Waals surface area contributed by atoms with Crippen LogP contribution in [0.3, 0.4) is 0 Å². The Balaban J connectivity index is 1.84. The number of nitrogens with zero attached hydrogens (tertiary/aromatic N) is 4. The first kappa shape index (κ1) is 19.3. The first-order valence-electron chi connectivity index (χ1n) is 9.47. The number of rotatable bonds is 7. The molecule has 1 fully saturated rings. The van der Waals surface area contributed by atoms with Crippen molar-refractivity contribution in [2.75, 3.05) is 38.6 Å². The van der Waals surface area contributed by atoms with E-state index in [-0.39, 0.29) is 0 Å². The van der Waals surface area contributed by atoms with Crippen LogP contribution in [0, 0.1) is 0 Å². The van der Waals surface area contributed by atoms with E-state index in [1.165, 1.54) is 31.2 Å². The molecule has 0 amide bonds. The van der Waals surface area contributed by atoms with Crippen molar-refractivity contribution >= 4 is 11.8 Å². The van der Waals surface area contributed by atoms with Crippen molar-refractivity contribution in [2.45, 2.75) is 45.1 Å². The number of hydrogen-bond donors (Lipinski definition) is 1. The maximum absolute atomic E-state index is 4.67. The van der Waals surface area contributed by atoms with Crippen LogP contribution in [0.4, 0.5) is 5.82 Å². The minimum Gasteiger partial charge on any atom is -0.357 e. The molecule has 1 aliphatic heterocycles. The fourth-order valence-electron chi connectivity index (χ4n) is 3.15. The fourth-order valence-corrected chi connectivity index (χ4v) is 3.15. The molecule has 0 radical (unpaired) electrons. The first-order chi connectivity index (χ1) is 12.2. The van der Waals surface area contributed by atoms with Crippen LogP contribution >= 0.6 is 0 Å². The van der Waals surface area contributed by atoms with Crippen LogP contribution < -0.4 is 10.2 Å². The van der Waals surface area contributed by atoms with Gasteiger partial charge >= 0.3 is 0 Å². The summed E-state index contributed by atoms with van der Waals surface area (Å²) in [5.74, 6) is 2.03. The Labute approximate surface area is 152 Å². The molecule has 0 atom stereocenters. The maximum atomic E-state index is 4.67. The van der Waals surface area contributed by atoms with Crippen LogP contribution in [0.15, 0.2) is 36.0 Å². The lowest BCUT2D eigenvalue weighted by Gasteiger charge is -2.23. The third-order valence-corrected chi connectivity index (χ3v) is 4.66. The molecular formula is C20H33N5. The molecule has 0 saturated carbocycles. The van der Waals surface area contributed by atoms with Crippen molar-refractivity contribution in [2.24, 2.45) is 4.99 Å². The van der Waals surface area contributed by atoms with Gasteiger partial charge in [-0.05, 0) is 37.3 Å². The van der Waals surface area contributed by atoms with E-state index in [4.69, 9.17) is 0 Å². The van der Waals surface area contributed by atoms with Crippen molar-refractivity contribution in [1.82, 2.24) is 15.2 Å². The first-order valence-corrected chi connectivity index (χ1v) is 9.47. The average molecular weight is 344 g/mol. The molecule has 2 rings (SSSR count). The summed E-state index contributed by atoms with van der Waals surface area (Å²) in [7, 11) is 3.89. The Morgan fingerprint density at radius 1 is 1.32 bits per heavy atom. The summed E-state index contributed by atoms with van der Waals surface area (Å²) in [5, 5.41) is 3.42. The van der Waals surface area contributed by atoms with Crippen molar-refractivity contribution in [3.63, 3.8) is 0 Å². The number of aromatic nitrogens is 1. The summed E-state index contributed by atoms with van der Waals surface area (Å²) in [6.45, 7) is 7.74. The molecule has 0 aliphatic carbocycles. The largest absolute Gasteiger partial charge is 0.357 e.